The van der Waals surface area contributed by atoms with Gasteiger partial charge in [-0.3, -0.25) is 9.78 Å². The Bertz CT molecular complexity index is 450. The van der Waals surface area contributed by atoms with Gasteiger partial charge >= 0.3 is 5.97 Å². The minimum absolute atomic E-state index is 0.0987. The Hall–Kier alpha value is -1.46. The zero-order valence-corrected chi connectivity index (χ0v) is 10.4. The first-order valence-corrected chi connectivity index (χ1v) is 6.13. The van der Waals surface area contributed by atoms with Gasteiger partial charge in [-0.15, -0.1) is 0 Å². The fourth-order valence-corrected chi connectivity index (χ4v) is 2.51. The number of nitrogens with two attached hydrogens (primary N) is 1. The molecule has 0 aliphatic heterocycles. The number of esters is 1. The average Bonchev–Trinajstić information content (AvgIpc) is 2.28. The summed E-state index contributed by atoms with van der Waals surface area (Å²) in [6, 6.07) is 3.53. The van der Waals surface area contributed by atoms with Gasteiger partial charge in [0.15, 0.2) is 0 Å². The molecule has 0 saturated carbocycles. The average molecular weight is 250 g/mol. The summed E-state index contributed by atoms with van der Waals surface area (Å²) in [7, 11) is 0. The second-order valence-electron chi connectivity index (χ2n) is 4.69. The standard InChI is InChI=1S/C13H18N2O3/c1-2-18-11(16)8-13(17)7-10(14)6-9-4-3-5-15-12(9)13/h3-5,10,17H,2,6-8,14H2,1H3/t10-,13+/m1/s1. The highest BCUT2D eigenvalue weighted by Crippen LogP contribution is 2.36. The van der Waals surface area contributed by atoms with Crippen LogP contribution in [0.1, 0.15) is 31.0 Å². The van der Waals surface area contributed by atoms with Crippen LogP contribution in [0.5, 0.6) is 0 Å². The molecule has 0 bridgehead atoms. The molecule has 98 valence electrons. The van der Waals surface area contributed by atoms with Crippen LogP contribution in [0.3, 0.4) is 0 Å². The smallest absolute Gasteiger partial charge is 0.309 e. The summed E-state index contributed by atoms with van der Waals surface area (Å²) in [5.74, 6) is -0.425. The van der Waals surface area contributed by atoms with Crippen LogP contribution >= 0.6 is 0 Å². The number of rotatable bonds is 3. The van der Waals surface area contributed by atoms with Crippen molar-refractivity contribution in [1.29, 1.82) is 0 Å². The quantitative estimate of drug-likeness (QED) is 0.763. The first-order chi connectivity index (χ1) is 8.55. The molecule has 0 spiro atoms. The molecule has 0 saturated heterocycles. The van der Waals surface area contributed by atoms with Gasteiger partial charge in [-0.05, 0) is 31.4 Å². The predicted octanol–water partition coefficient (Wildman–Crippen LogP) is 0.496. The van der Waals surface area contributed by atoms with E-state index in [0.29, 0.717) is 25.1 Å². The number of nitrogens with zero attached hydrogens (tertiary/aromatic N) is 1. The minimum Gasteiger partial charge on any atom is -0.466 e. The predicted molar refractivity (Wildman–Crippen MR) is 65.7 cm³/mol. The number of ether oxygens (including phenoxy) is 1. The van der Waals surface area contributed by atoms with Gasteiger partial charge in [0.1, 0.15) is 5.60 Å². The van der Waals surface area contributed by atoms with Crippen molar-refractivity contribution in [3.05, 3.63) is 29.6 Å². The third kappa shape index (κ3) is 2.52. The molecule has 0 radical (unpaired) electrons. The van der Waals surface area contributed by atoms with Gasteiger partial charge in [-0.25, -0.2) is 0 Å². The molecule has 0 unspecified atom stereocenters. The molecule has 18 heavy (non-hydrogen) atoms. The zero-order valence-electron chi connectivity index (χ0n) is 10.4. The molecule has 5 heteroatoms. The highest BCUT2D eigenvalue weighted by molar-refractivity contribution is 5.71. The normalized spacial score (nSPS) is 26.5. The lowest BCUT2D eigenvalue weighted by molar-refractivity contribution is -0.150. The number of pyridine rings is 1. The zero-order chi connectivity index (χ0) is 13.2. The molecular weight excluding hydrogens is 232 g/mol. The summed E-state index contributed by atoms with van der Waals surface area (Å²) in [6.07, 6.45) is 2.52. The van der Waals surface area contributed by atoms with Crippen LogP contribution in [0.15, 0.2) is 18.3 Å². The summed E-state index contributed by atoms with van der Waals surface area (Å²) < 4.78 is 4.89. The SMILES string of the molecule is CCOC(=O)C[C@@]1(O)C[C@H](N)Cc2cccnc21. The first kappa shape index (κ1) is 13.0. The monoisotopic (exact) mass is 250 g/mol. The lowest BCUT2D eigenvalue weighted by Crippen LogP contribution is -2.43. The fourth-order valence-electron chi connectivity index (χ4n) is 2.51. The van der Waals surface area contributed by atoms with Crippen molar-refractivity contribution < 1.29 is 14.6 Å². The number of aliphatic hydroxyl groups is 1. The van der Waals surface area contributed by atoms with Gasteiger partial charge in [0.05, 0.1) is 18.7 Å². The van der Waals surface area contributed by atoms with Crippen LogP contribution in [-0.2, 0) is 21.6 Å². The molecule has 5 nitrogen and oxygen atoms in total. The molecule has 1 heterocycles. The Morgan fingerprint density at radius 2 is 2.50 bits per heavy atom. The number of carbonyl (C=O) groups is 1. The third-order valence-electron chi connectivity index (χ3n) is 3.16. The Kier molecular flexibility index (Phi) is 3.63. The van der Waals surface area contributed by atoms with E-state index in [1.54, 1.807) is 13.1 Å². The summed E-state index contributed by atoms with van der Waals surface area (Å²) in [6.45, 7) is 2.04. The molecule has 1 aromatic heterocycles. The van der Waals surface area contributed by atoms with Gasteiger partial charge in [-0.2, -0.15) is 0 Å². The Morgan fingerprint density at radius 1 is 1.72 bits per heavy atom. The largest absolute Gasteiger partial charge is 0.466 e. The maximum atomic E-state index is 11.6. The Morgan fingerprint density at radius 3 is 3.22 bits per heavy atom. The molecule has 0 fully saturated rings. The van der Waals surface area contributed by atoms with Crippen LogP contribution in [0.4, 0.5) is 0 Å². The number of aromatic nitrogens is 1. The minimum atomic E-state index is -1.31. The summed E-state index contributed by atoms with van der Waals surface area (Å²) >= 11 is 0. The molecule has 0 amide bonds. The van der Waals surface area contributed by atoms with Crippen molar-refractivity contribution in [2.75, 3.05) is 6.61 Å². The van der Waals surface area contributed by atoms with Crippen LogP contribution in [0.25, 0.3) is 0 Å². The molecule has 1 aliphatic rings. The molecule has 1 aromatic rings. The summed E-state index contributed by atoms with van der Waals surface area (Å²) in [5.41, 5.74) is 6.09. The maximum absolute atomic E-state index is 11.6. The lowest BCUT2D eigenvalue weighted by Gasteiger charge is -2.35. The highest BCUT2D eigenvalue weighted by Gasteiger charge is 2.41. The first-order valence-electron chi connectivity index (χ1n) is 6.13. The van der Waals surface area contributed by atoms with E-state index in [4.69, 9.17) is 10.5 Å². The van der Waals surface area contributed by atoms with E-state index < -0.39 is 11.6 Å². The number of hydrogen-bond acceptors (Lipinski definition) is 5. The van der Waals surface area contributed by atoms with Gasteiger partial charge in [-0.1, -0.05) is 6.07 Å². The van der Waals surface area contributed by atoms with Gasteiger partial charge in [0.25, 0.3) is 0 Å². The van der Waals surface area contributed by atoms with Crippen molar-refractivity contribution in [1.82, 2.24) is 4.98 Å². The highest BCUT2D eigenvalue weighted by atomic mass is 16.5. The van der Waals surface area contributed by atoms with Crippen molar-refractivity contribution in [2.24, 2.45) is 5.73 Å². The van der Waals surface area contributed by atoms with E-state index in [0.717, 1.165) is 5.56 Å². The van der Waals surface area contributed by atoms with E-state index in [9.17, 15) is 9.90 Å². The molecule has 2 rings (SSSR count). The van der Waals surface area contributed by atoms with Gasteiger partial charge in [0.2, 0.25) is 0 Å². The molecule has 0 aromatic carbocycles. The van der Waals surface area contributed by atoms with Crippen LogP contribution in [0.2, 0.25) is 0 Å². The Balaban J connectivity index is 2.29. The van der Waals surface area contributed by atoms with Crippen molar-refractivity contribution in [3.63, 3.8) is 0 Å². The Labute approximate surface area is 106 Å². The maximum Gasteiger partial charge on any atom is 0.309 e. The van der Waals surface area contributed by atoms with Crippen LogP contribution < -0.4 is 5.73 Å². The lowest BCUT2D eigenvalue weighted by atomic mass is 9.78. The van der Waals surface area contributed by atoms with E-state index in [1.165, 1.54) is 0 Å². The second kappa shape index (κ2) is 5.04. The van der Waals surface area contributed by atoms with Gasteiger partial charge in [0, 0.05) is 12.2 Å². The topological polar surface area (TPSA) is 85.4 Å². The molecular formula is C13H18N2O3. The molecule has 3 N–H and O–H groups in total. The van der Waals surface area contributed by atoms with Crippen LogP contribution in [0, 0.1) is 0 Å². The number of hydrogen-bond donors (Lipinski definition) is 2. The fraction of sp³-hybridized carbons (Fsp3) is 0.538. The van der Waals surface area contributed by atoms with E-state index >= 15 is 0 Å². The van der Waals surface area contributed by atoms with Crippen molar-refractivity contribution in [3.8, 4) is 0 Å². The second-order valence-corrected chi connectivity index (χ2v) is 4.69. The summed E-state index contributed by atoms with van der Waals surface area (Å²) in [5, 5.41) is 10.6. The van der Waals surface area contributed by atoms with Crippen molar-refractivity contribution >= 4 is 5.97 Å². The van der Waals surface area contributed by atoms with Crippen molar-refractivity contribution in [2.45, 2.75) is 37.8 Å². The van der Waals surface area contributed by atoms with E-state index in [2.05, 4.69) is 4.98 Å². The molecule has 2 atom stereocenters. The third-order valence-corrected chi connectivity index (χ3v) is 3.16. The molecule has 1 aliphatic carbocycles. The van der Waals surface area contributed by atoms with E-state index in [-0.39, 0.29) is 12.5 Å². The number of fused-ring (bicyclic) bond motifs is 1. The van der Waals surface area contributed by atoms with E-state index in [1.807, 2.05) is 12.1 Å². The van der Waals surface area contributed by atoms with Crippen LogP contribution in [-0.4, -0.2) is 28.7 Å². The summed E-state index contributed by atoms with van der Waals surface area (Å²) in [4.78, 5) is 15.8. The van der Waals surface area contributed by atoms with Gasteiger partial charge < -0.3 is 15.6 Å². The number of carbonyl (C=O) groups excluding carboxylic acids is 1.